The monoisotopic (exact) mass is 650 g/mol. The predicted octanol–water partition coefficient (Wildman–Crippen LogP) is 7.91. The summed E-state index contributed by atoms with van der Waals surface area (Å²) in [6.45, 7) is 8.72. The van der Waals surface area contributed by atoms with Crippen LogP contribution in [-0.4, -0.2) is 74.1 Å². The van der Waals surface area contributed by atoms with Gasteiger partial charge in [0.15, 0.2) is 0 Å². The number of benzene rings is 2. The molecule has 0 spiro atoms. The Morgan fingerprint density at radius 1 is 1.09 bits per heavy atom. The second-order valence-corrected chi connectivity index (χ2v) is 12.4. The van der Waals surface area contributed by atoms with Crippen molar-refractivity contribution >= 4 is 17.1 Å². The number of β-amino-alcohol motifs (C(OH)–C–C–N with tert-alkyl or cyclic N) is 1. The molecule has 1 saturated carbocycles. The van der Waals surface area contributed by atoms with Crippen molar-refractivity contribution in [1.82, 2.24) is 4.90 Å². The molecule has 1 atom stereocenters. The fraction of sp³-hybridized carbons (Fsp3) is 0.571. The molecule has 46 heavy (non-hydrogen) atoms. The molecule has 6 rings (SSSR count). The number of rotatable bonds is 8. The largest absolute Gasteiger partial charge is 0.497 e. The van der Waals surface area contributed by atoms with E-state index in [1.807, 2.05) is 37.8 Å². The van der Waals surface area contributed by atoms with Gasteiger partial charge in [-0.1, -0.05) is 40.0 Å². The Morgan fingerprint density at radius 3 is 2.33 bits per heavy atom. The van der Waals surface area contributed by atoms with Crippen LogP contribution < -0.4 is 14.5 Å². The minimum absolute atomic E-state index is 0.0633. The molecule has 2 saturated heterocycles. The van der Waals surface area contributed by atoms with Crippen LogP contribution in [0.4, 0.5) is 33.3 Å². The van der Waals surface area contributed by atoms with Gasteiger partial charge in [-0.05, 0) is 61.2 Å². The van der Waals surface area contributed by atoms with E-state index >= 15 is 0 Å². The second-order valence-electron chi connectivity index (χ2n) is 12.4. The Kier molecular flexibility index (Phi) is 11.3. The number of aryl methyl sites for hydroxylation is 1. The van der Waals surface area contributed by atoms with Crippen molar-refractivity contribution in [2.75, 3.05) is 56.2 Å². The quantitative estimate of drug-likeness (QED) is 0.173. The van der Waals surface area contributed by atoms with Crippen molar-refractivity contribution in [3.63, 3.8) is 0 Å². The maximum Gasteiger partial charge on any atom is 0.418 e. The van der Waals surface area contributed by atoms with Crippen molar-refractivity contribution in [3.05, 3.63) is 64.4 Å². The van der Waals surface area contributed by atoms with Gasteiger partial charge in [-0.3, -0.25) is 5.41 Å². The first-order valence-corrected chi connectivity index (χ1v) is 16.3. The topological polar surface area (TPSA) is 62.8 Å². The highest BCUT2D eigenvalue weighted by molar-refractivity contribution is 6.11. The molecule has 2 N–H and O–H groups in total. The van der Waals surface area contributed by atoms with E-state index in [0.717, 1.165) is 23.2 Å². The molecule has 4 aliphatic rings. The van der Waals surface area contributed by atoms with Crippen LogP contribution in [0.25, 0.3) is 0 Å². The highest BCUT2D eigenvalue weighted by atomic mass is 19.4. The third-order valence-corrected chi connectivity index (χ3v) is 8.98. The van der Waals surface area contributed by atoms with Crippen LogP contribution in [0.2, 0.25) is 0 Å². The Bertz CT molecular complexity index is 1410. The van der Waals surface area contributed by atoms with E-state index in [2.05, 4.69) is 6.92 Å². The summed E-state index contributed by atoms with van der Waals surface area (Å²) in [5, 5.41) is 18.7. The fourth-order valence-corrected chi connectivity index (χ4v) is 6.29. The number of hydrogen-bond donors (Lipinski definition) is 2. The number of hydrogen-bond acceptors (Lipinski definition) is 6. The molecule has 0 aromatic heterocycles. The van der Waals surface area contributed by atoms with E-state index in [0.29, 0.717) is 42.1 Å². The highest BCUT2D eigenvalue weighted by Crippen LogP contribution is 2.47. The molecule has 2 aromatic rings. The first-order chi connectivity index (χ1) is 21.8. The number of ether oxygens (including phenoxy) is 1. The van der Waals surface area contributed by atoms with Gasteiger partial charge in [0.2, 0.25) is 0 Å². The summed E-state index contributed by atoms with van der Waals surface area (Å²) in [4.78, 5) is 4.96. The summed E-state index contributed by atoms with van der Waals surface area (Å²) in [6, 6.07) is 8.62. The zero-order valence-electron chi connectivity index (χ0n) is 27.5. The van der Waals surface area contributed by atoms with Crippen LogP contribution in [0.15, 0.2) is 47.7 Å². The van der Waals surface area contributed by atoms with Crippen LogP contribution in [0, 0.1) is 18.3 Å². The van der Waals surface area contributed by atoms with Crippen LogP contribution >= 0.6 is 0 Å². The fourth-order valence-electron chi connectivity index (χ4n) is 6.29. The van der Waals surface area contributed by atoms with Gasteiger partial charge in [0.05, 0.1) is 43.3 Å². The summed E-state index contributed by atoms with van der Waals surface area (Å²) < 4.78 is 75.2. The minimum atomic E-state index is -4.63. The molecule has 254 valence electrons. The molecule has 6 nitrogen and oxygen atoms in total. The average molecular weight is 651 g/mol. The van der Waals surface area contributed by atoms with Crippen LogP contribution in [-0.2, 0) is 6.18 Å². The van der Waals surface area contributed by atoms with Gasteiger partial charge in [-0.25, -0.2) is 8.78 Å². The molecular weight excluding hydrogens is 603 g/mol. The summed E-state index contributed by atoms with van der Waals surface area (Å²) in [7, 11) is 1.54. The first-order valence-electron chi connectivity index (χ1n) is 16.3. The molecule has 2 aromatic carbocycles. The van der Waals surface area contributed by atoms with Crippen molar-refractivity contribution in [3.8, 4) is 5.75 Å². The lowest BCUT2D eigenvalue weighted by Crippen LogP contribution is -2.28. The van der Waals surface area contributed by atoms with Crippen LogP contribution in [0.3, 0.4) is 0 Å². The number of nitrogens with one attached hydrogen (secondary N) is 1. The smallest absolute Gasteiger partial charge is 0.418 e. The molecule has 0 amide bonds. The molecule has 3 heterocycles. The van der Waals surface area contributed by atoms with E-state index in [4.69, 9.17) is 10.1 Å². The van der Waals surface area contributed by atoms with Crippen LogP contribution in [0.1, 0.15) is 69.6 Å². The van der Waals surface area contributed by atoms with E-state index in [1.165, 1.54) is 36.3 Å². The molecule has 0 bridgehead atoms. The number of anilines is 2. The molecule has 11 heteroatoms. The molecule has 3 fully saturated rings. The first kappa shape index (κ1) is 35.5. The van der Waals surface area contributed by atoms with Gasteiger partial charge in [0.1, 0.15) is 5.75 Å². The van der Waals surface area contributed by atoms with Crippen molar-refractivity contribution in [2.24, 2.45) is 5.92 Å². The second kappa shape index (κ2) is 14.6. The summed E-state index contributed by atoms with van der Waals surface area (Å²) >= 11 is 0. The van der Waals surface area contributed by atoms with Crippen molar-refractivity contribution in [2.45, 2.75) is 77.9 Å². The molecule has 0 radical (unpaired) electrons. The lowest BCUT2D eigenvalue weighted by molar-refractivity contribution is -0.137. The highest BCUT2D eigenvalue weighted by Gasteiger charge is 2.48. The third kappa shape index (κ3) is 8.14. The number of aliphatic hydroxyl groups is 1. The molecule has 1 unspecified atom stereocenters. The number of methoxy groups -OCH3 is 1. The zero-order chi connectivity index (χ0) is 33.8. The summed E-state index contributed by atoms with van der Waals surface area (Å²) in [6.07, 6.45) is 0.0112. The van der Waals surface area contributed by atoms with Crippen molar-refractivity contribution < 1.29 is 31.8 Å². The Morgan fingerprint density at radius 2 is 1.78 bits per heavy atom. The average Bonchev–Trinajstić information content (AvgIpc) is 3.55. The third-order valence-electron chi connectivity index (χ3n) is 8.98. The Balaban J connectivity index is 0.000000616. The SMILES string of the molecule is CC.CC1CCC1.COc1cc(C)cc(C(=N)C2=C(C3CN3c3cc(N4CCC(F)(F)C4)ccc3C(F)(F)F)N(CCO)CC2)c1. The van der Waals surface area contributed by atoms with Gasteiger partial charge in [0.25, 0.3) is 5.92 Å². The van der Waals surface area contributed by atoms with Gasteiger partial charge in [-0.2, -0.15) is 13.2 Å². The zero-order valence-corrected chi connectivity index (χ0v) is 27.5. The Labute approximate surface area is 269 Å². The van der Waals surface area contributed by atoms with Gasteiger partial charge < -0.3 is 24.5 Å². The van der Waals surface area contributed by atoms with E-state index in [1.54, 1.807) is 18.1 Å². The van der Waals surface area contributed by atoms with Gasteiger partial charge >= 0.3 is 6.18 Å². The normalized spacial score (nSPS) is 20.5. The standard InChI is InChI=1S/C28H31F5N4O2.C5H10.C2H6/c1-17-11-18(13-20(12-17)39-2)25(34)21-5-7-35(9-10-38)26(21)24-15-37(24)23-14-19(3-4-22(23)28(31,32)33)36-8-6-27(29,30)16-36;1-5-3-2-4-5;1-2/h3-4,11-14,24,34,38H,5-10,15-16H2,1-2H3;5H,2-4H2,1H3;1-2H3. The summed E-state index contributed by atoms with van der Waals surface area (Å²) in [5.41, 5.74) is 2.70. The number of nitrogens with zero attached hydrogens (tertiary/aromatic N) is 3. The van der Waals surface area contributed by atoms with E-state index in [9.17, 15) is 27.1 Å². The molecule has 1 aliphatic carbocycles. The van der Waals surface area contributed by atoms with Crippen molar-refractivity contribution in [1.29, 1.82) is 5.41 Å². The maximum absolute atomic E-state index is 14.0. The Hall–Kier alpha value is -3.34. The number of halogens is 5. The number of alkyl halides is 5. The minimum Gasteiger partial charge on any atom is -0.497 e. The maximum atomic E-state index is 14.0. The lowest BCUT2D eigenvalue weighted by atomic mass is 9.88. The lowest BCUT2D eigenvalue weighted by Gasteiger charge is -2.24. The van der Waals surface area contributed by atoms with Crippen LogP contribution in [0.5, 0.6) is 5.75 Å². The van der Waals surface area contributed by atoms with Gasteiger partial charge in [-0.15, -0.1) is 0 Å². The van der Waals surface area contributed by atoms with Gasteiger partial charge in [0, 0.05) is 55.1 Å². The molecule has 3 aliphatic heterocycles. The summed E-state index contributed by atoms with van der Waals surface area (Å²) in [5.74, 6) is -1.21. The molecular formula is C35H47F5N4O2. The predicted molar refractivity (Wildman–Crippen MR) is 174 cm³/mol. The van der Waals surface area contributed by atoms with E-state index < -0.39 is 30.2 Å². The van der Waals surface area contributed by atoms with E-state index in [-0.39, 0.29) is 37.5 Å². The number of aliphatic hydroxyl groups excluding tert-OH is 1.